The number of hydrogen-bond acceptors (Lipinski definition) is 4. The average molecular weight is 216 g/mol. The largest absolute Gasteiger partial charge is 0.461 e. The van der Waals surface area contributed by atoms with Gasteiger partial charge in [0.15, 0.2) is 12.4 Å². The normalized spacial score (nSPS) is 23.9. The highest BCUT2D eigenvalue weighted by atomic mass is 16.7. The van der Waals surface area contributed by atoms with Gasteiger partial charge in [0.25, 0.3) is 0 Å². The van der Waals surface area contributed by atoms with Crippen molar-refractivity contribution in [3.63, 3.8) is 0 Å². The minimum absolute atomic E-state index is 0.101. The summed E-state index contributed by atoms with van der Waals surface area (Å²) in [4.78, 5) is 11.4. The van der Waals surface area contributed by atoms with Crippen LogP contribution < -0.4 is 0 Å². The first-order valence-corrected chi connectivity index (χ1v) is 5.57. The highest BCUT2D eigenvalue weighted by Gasteiger charge is 2.23. The Morgan fingerprint density at radius 1 is 1.33 bits per heavy atom. The van der Waals surface area contributed by atoms with Gasteiger partial charge in [-0.1, -0.05) is 0 Å². The van der Waals surface area contributed by atoms with Crippen LogP contribution >= 0.6 is 0 Å². The lowest BCUT2D eigenvalue weighted by Crippen LogP contribution is -2.33. The van der Waals surface area contributed by atoms with Crippen LogP contribution in [0.3, 0.4) is 0 Å². The fourth-order valence-corrected chi connectivity index (χ4v) is 1.43. The lowest BCUT2D eigenvalue weighted by atomic mass is 10.2. The zero-order valence-electron chi connectivity index (χ0n) is 9.69. The summed E-state index contributed by atoms with van der Waals surface area (Å²) in [5.41, 5.74) is 0. The Hall–Kier alpha value is -0.610. The molecule has 0 bridgehead atoms. The van der Waals surface area contributed by atoms with Gasteiger partial charge in [-0.2, -0.15) is 0 Å². The standard InChI is InChI=1S/C11H20O4/c1-8(2)14-11(12)9(3)15-10-6-4-5-7-13-10/h8-10H,4-7H2,1-3H3/t9-,10-/m0/s1. The maximum Gasteiger partial charge on any atom is 0.335 e. The first-order chi connectivity index (χ1) is 7.09. The SMILES string of the molecule is CC(C)OC(=O)[C@H](C)O[C@H]1CCCCO1. The molecular formula is C11H20O4. The quantitative estimate of drug-likeness (QED) is 0.673. The van der Waals surface area contributed by atoms with Gasteiger partial charge >= 0.3 is 5.97 Å². The van der Waals surface area contributed by atoms with Crippen LogP contribution in [-0.2, 0) is 19.0 Å². The fraction of sp³-hybridized carbons (Fsp3) is 0.909. The molecule has 1 rings (SSSR count). The zero-order chi connectivity index (χ0) is 11.3. The van der Waals surface area contributed by atoms with Gasteiger partial charge in [0.05, 0.1) is 6.10 Å². The van der Waals surface area contributed by atoms with Crippen molar-refractivity contribution >= 4 is 5.97 Å². The second-order valence-electron chi connectivity index (χ2n) is 4.06. The van der Waals surface area contributed by atoms with Crippen molar-refractivity contribution in [3.05, 3.63) is 0 Å². The molecule has 0 aromatic rings. The van der Waals surface area contributed by atoms with Gasteiger partial charge in [-0.3, -0.25) is 0 Å². The number of carbonyl (C=O) groups is 1. The van der Waals surface area contributed by atoms with Crippen LogP contribution in [0.2, 0.25) is 0 Å². The molecule has 1 fully saturated rings. The van der Waals surface area contributed by atoms with Gasteiger partial charge in [0, 0.05) is 6.61 Å². The Balaban J connectivity index is 2.26. The van der Waals surface area contributed by atoms with Gasteiger partial charge in [0.2, 0.25) is 0 Å². The molecule has 4 heteroatoms. The van der Waals surface area contributed by atoms with Gasteiger partial charge in [-0.15, -0.1) is 0 Å². The first kappa shape index (κ1) is 12.5. The predicted molar refractivity (Wildman–Crippen MR) is 55.4 cm³/mol. The monoisotopic (exact) mass is 216 g/mol. The molecular weight excluding hydrogens is 196 g/mol. The van der Waals surface area contributed by atoms with E-state index >= 15 is 0 Å². The van der Waals surface area contributed by atoms with Crippen LogP contribution in [0.25, 0.3) is 0 Å². The summed E-state index contributed by atoms with van der Waals surface area (Å²) in [6.45, 7) is 6.06. The number of rotatable bonds is 4. The molecule has 2 atom stereocenters. The fourth-order valence-electron chi connectivity index (χ4n) is 1.43. The summed E-state index contributed by atoms with van der Waals surface area (Å²) in [5, 5.41) is 0. The van der Waals surface area contributed by atoms with Crippen molar-refractivity contribution in [2.45, 2.75) is 58.5 Å². The molecule has 0 spiro atoms. The topological polar surface area (TPSA) is 44.8 Å². The van der Waals surface area contributed by atoms with Crippen molar-refractivity contribution in [1.82, 2.24) is 0 Å². The van der Waals surface area contributed by atoms with E-state index in [0.29, 0.717) is 0 Å². The van der Waals surface area contributed by atoms with E-state index in [-0.39, 0.29) is 18.4 Å². The smallest absolute Gasteiger partial charge is 0.335 e. The maximum absolute atomic E-state index is 11.4. The number of ether oxygens (including phenoxy) is 3. The highest BCUT2D eigenvalue weighted by Crippen LogP contribution is 2.15. The molecule has 0 amide bonds. The van der Waals surface area contributed by atoms with E-state index < -0.39 is 6.10 Å². The Kier molecular flexibility index (Phi) is 5.05. The molecule has 1 saturated heterocycles. The van der Waals surface area contributed by atoms with E-state index in [1.165, 1.54) is 0 Å². The molecule has 1 aliphatic heterocycles. The third-order valence-electron chi connectivity index (χ3n) is 2.18. The summed E-state index contributed by atoms with van der Waals surface area (Å²) in [7, 11) is 0. The van der Waals surface area contributed by atoms with Gasteiger partial charge in [-0.25, -0.2) is 4.79 Å². The molecule has 1 heterocycles. The van der Waals surface area contributed by atoms with Crippen molar-refractivity contribution in [2.24, 2.45) is 0 Å². The third-order valence-corrected chi connectivity index (χ3v) is 2.18. The summed E-state index contributed by atoms with van der Waals surface area (Å²) >= 11 is 0. The van der Waals surface area contributed by atoms with E-state index in [9.17, 15) is 4.79 Å². The molecule has 0 unspecified atom stereocenters. The lowest BCUT2D eigenvalue weighted by molar-refractivity contribution is -0.202. The second-order valence-corrected chi connectivity index (χ2v) is 4.06. The molecule has 15 heavy (non-hydrogen) atoms. The summed E-state index contributed by atoms with van der Waals surface area (Å²) in [5.74, 6) is -0.320. The van der Waals surface area contributed by atoms with Crippen molar-refractivity contribution in [2.75, 3.05) is 6.61 Å². The average Bonchev–Trinajstić information content (AvgIpc) is 2.18. The molecule has 4 nitrogen and oxygen atoms in total. The molecule has 88 valence electrons. The van der Waals surface area contributed by atoms with E-state index in [1.54, 1.807) is 6.92 Å². The predicted octanol–water partition coefficient (Wildman–Crippen LogP) is 1.87. The molecule has 0 aromatic carbocycles. The summed E-state index contributed by atoms with van der Waals surface area (Å²) in [6.07, 6.45) is 2.14. The Morgan fingerprint density at radius 2 is 2.07 bits per heavy atom. The summed E-state index contributed by atoms with van der Waals surface area (Å²) < 4.78 is 15.9. The maximum atomic E-state index is 11.4. The number of carbonyl (C=O) groups excluding carboxylic acids is 1. The van der Waals surface area contributed by atoms with Crippen molar-refractivity contribution in [1.29, 1.82) is 0 Å². The lowest BCUT2D eigenvalue weighted by Gasteiger charge is -2.25. The van der Waals surface area contributed by atoms with Gasteiger partial charge in [-0.05, 0) is 40.0 Å². The van der Waals surface area contributed by atoms with E-state index in [0.717, 1.165) is 25.9 Å². The molecule has 0 saturated carbocycles. The number of hydrogen-bond donors (Lipinski definition) is 0. The van der Waals surface area contributed by atoms with Crippen LogP contribution in [0.4, 0.5) is 0 Å². The zero-order valence-corrected chi connectivity index (χ0v) is 9.69. The summed E-state index contributed by atoms with van der Waals surface area (Å²) in [6, 6.07) is 0. The molecule has 1 aliphatic rings. The van der Waals surface area contributed by atoms with Crippen LogP contribution in [0.1, 0.15) is 40.0 Å². The third kappa shape index (κ3) is 4.62. The molecule has 0 radical (unpaired) electrons. The van der Waals surface area contributed by atoms with Crippen LogP contribution in [0, 0.1) is 0 Å². The van der Waals surface area contributed by atoms with Crippen LogP contribution in [0.5, 0.6) is 0 Å². The molecule has 0 N–H and O–H groups in total. The minimum atomic E-state index is -0.546. The van der Waals surface area contributed by atoms with Gasteiger partial charge < -0.3 is 14.2 Å². The van der Waals surface area contributed by atoms with E-state index in [2.05, 4.69) is 0 Å². The van der Waals surface area contributed by atoms with Crippen molar-refractivity contribution in [3.8, 4) is 0 Å². The van der Waals surface area contributed by atoms with Gasteiger partial charge in [0.1, 0.15) is 0 Å². The first-order valence-electron chi connectivity index (χ1n) is 5.57. The molecule has 0 aliphatic carbocycles. The van der Waals surface area contributed by atoms with E-state index in [1.807, 2.05) is 13.8 Å². The Morgan fingerprint density at radius 3 is 2.60 bits per heavy atom. The Labute approximate surface area is 90.9 Å². The van der Waals surface area contributed by atoms with Crippen LogP contribution in [0.15, 0.2) is 0 Å². The second kappa shape index (κ2) is 6.08. The minimum Gasteiger partial charge on any atom is -0.461 e. The number of esters is 1. The highest BCUT2D eigenvalue weighted by molar-refractivity contribution is 5.74. The molecule has 0 aromatic heterocycles. The van der Waals surface area contributed by atoms with E-state index in [4.69, 9.17) is 14.2 Å². The van der Waals surface area contributed by atoms with Crippen LogP contribution in [-0.4, -0.2) is 31.1 Å². The Bertz CT molecular complexity index is 197. The van der Waals surface area contributed by atoms with Crippen molar-refractivity contribution < 1.29 is 19.0 Å².